The molecule has 19 heavy (non-hydrogen) atoms. The van der Waals surface area contributed by atoms with Crippen LogP contribution in [-0.4, -0.2) is 18.5 Å². The van der Waals surface area contributed by atoms with E-state index < -0.39 is 0 Å². The highest BCUT2D eigenvalue weighted by Crippen LogP contribution is 2.23. The van der Waals surface area contributed by atoms with Crippen LogP contribution in [0.3, 0.4) is 0 Å². The Morgan fingerprint density at radius 1 is 1.21 bits per heavy atom. The molecule has 0 fully saturated rings. The SMILES string of the molecule is CCCNC(C)C(=O)Nc1ccccc1C(C)C.Cl. The highest BCUT2D eigenvalue weighted by atomic mass is 35.5. The Bertz CT molecular complexity index is 393. The van der Waals surface area contributed by atoms with Gasteiger partial charge in [-0.05, 0) is 37.4 Å². The van der Waals surface area contributed by atoms with Gasteiger partial charge in [0.1, 0.15) is 0 Å². The van der Waals surface area contributed by atoms with Gasteiger partial charge in [0.15, 0.2) is 0 Å². The van der Waals surface area contributed by atoms with Crippen LogP contribution in [0.2, 0.25) is 0 Å². The molecule has 0 radical (unpaired) electrons. The van der Waals surface area contributed by atoms with Gasteiger partial charge in [-0.3, -0.25) is 4.79 Å². The molecule has 1 aromatic rings. The van der Waals surface area contributed by atoms with Crippen LogP contribution in [0.5, 0.6) is 0 Å². The average Bonchev–Trinajstić information content (AvgIpc) is 2.36. The molecule has 0 saturated heterocycles. The van der Waals surface area contributed by atoms with Crippen LogP contribution in [0.25, 0.3) is 0 Å². The summed E-state index contributed by atoms with van der Waals surface area (Å²) in [6.45, 7) is 9.10. The first-order chi connectivity index (χ1) is 8.56. The number of rotatable bonds is 6. The maximum atomic E-state index is 12.0. The number of nitrogens with one attached hydrogen (secondary N) is 2. The molecule has 0 aliphatic carbocycles. The van der Waals surface area contributed by atoms with E-state index in [0.29, 0.717) is 5.92 Å². The average molecular weight is 285 g/mol. The van der Waals surface area contributed by atoms with E-state index in [-0.39, 0.29) is 24.4 Å². The number of anilines is 1. The Labute approximate surface area is 122 Å². The minimum absolute atomic E-state index is 0. The van der Waals surface area contributed by atoms with Crippen LogP contribution in [0.1, 0.15) is 45.6 Å². The molecule has 3 nitrogen and oxygen atoms in total. The first-order valence-electron chi connectivity index (χ1n) is 6.69. The zero-order chi connectivity index (χ0) is 13.5. The summed E-state index contributed by atoms with van der Waals surface area (Å²) in [5.41, 5.74) is 2.09. The topological polar surface area (TPSA) is 41.1 Å². The fraction of sp³-hybridized carbons (Fsp3) is 0.533. The van der Waals surface area contributed by atoms with E-state index in [0.717, 1.165) is 18.7 Å². The summed E-state index contributed by atoms with van der Waals surface area (Å²) in [7, 11) is 0. The van der Waals surface area contributed by atoms with Crippen molar-refractivity contribution in [3.63, 3.8) is 0 Å². The van der Waals surface area contributed by atoms with Gasteiger partial charge in [0, 0.05) is 5.69 Å². The molecule has 0 heterocycles. The summed E-state index contributed by atoms with van der Waals surface area (Å²) in [5.74, 6) is 0.428. The molecule has 0 bridgehead atoms. The minimum Gasteiger partial charge on any atom is -0.324 e. The predicted molar refractivity (Wildman–Crippen MR) is 84.2 cm³/mol. The third-order valence-electron chi connectivity index (χ3n) is 2.93. The molecule has 1 atom stereocenters. The van der Waals surface area contributed by atoms with Gasteiger partial charge >= 0.3 is 0 Å². The van der Waals surface area contributed by atoms with Gasteiger partial charge in [-0.2, -0.15) is 0 Å². The Kier molecular flexibility index (Phi) is 8.44. The number of para-hydroxylation sites is 1. The number of amides is 1. The summed E-state index contributed by atoms with van der Waals surface area (Å²) in [6.07, 6.45) is 1.03. The number of benzene rings is 1. The lowest BCUT2D eigenvalue weighted by atomic mass is 10.0. The minimum atomic E-state index is -0.162. The maximum absolute atomic E-state index is 12.0. The van der Waals surface area contributed by atoms with Crippen LogP contribution >= 0.6 is 12.4 Å². The van der Waals surface area contributed by atoms with E-state index in [4.69, 9.17) is 0 Å². The van der Waals surface area contributed by atoms with E-state index in [2.05, 4.69) is 37.5 Å². The molecule has 0 aliphatic heterocycles. The summed E-state index contributed by atoms with van der Waals surface area (Å²) >= 11 is 0. The number of hydrogen-bond donors (Lipinski definition) is 2. The second-order valence-electron chi connectivity index (χ2n) is 4.91. The number of carbonyl (C=O) groups excluding carboxylic acids is 1. The molecule has 1 amide bonds. The molecule has 0 aromatic heterocycles. The van der Waals surface area contributed by atoms with Gasteiger partial charge in [0.2, 0.25) is 5.91 Å². The molecule has 2 N–H and O–H groups in total. The van der Waals surface area contributed by atoms with Gasteiger partial charge in [0.25, 0.3) is 0 Å². The van der Waals surface area contributed by atoms with Gasteiger partial charge in [-0.15, -0.1) is 12.4 Å². The Morgan fingerprint density at radius 3 is 2.42 bits per heavy atom. The summed E-state index contributed by atoms with van der Waals surface area (Å²) < 4.78 is 0. The van der Waals surface area contributed by atoms with Crippen LogP contribution in [0.15, 0.2) is 24.3 Å². The van der Waals surface area contributed by atoms with Gasteiger partial charge in [-0.25, -0.2) is 0 Å². The molecule has 0 spiro atoms. The van der Waals surface area contributed by atoms with Crippen molar-refractivity contribution >= 4 is 24.0 Å². The Morgan fingerprint density at radius 2 is 1.84 bits per heavy atom. The second-order valence-corrected chi connectivity index (χ2v) is 4.91. The van der Waals surface area contributed by atoms with Crippen molar-refractivity contribution in [3.05, 3.63) is 29.8 Å². The summed E-state index contributed by atoms with van der Waals surface area (Å²) in [4.78, 5) is 12.0. The lowest BCUT2D eigenvalue weighted by molar-refractivity contribution is -0.117. The van der Waals surface area contributed by atoms with Crippen LogP contribution in [0, 0.1) is 0 Å². The fourth-order valence-electron chi connectivity index (χ4n) is 1.81. The van der Waals surface area contributed by atoms with E-state index in [1.165, 1.54) is 5.56 Å². The highest BCUT2D eigenvalue weighted by Gasteiger charge is 2.14. The van der Waals surface area contributed by atoms with Gasteiger partial charge in [-0.1, -0.05) is 39.0 Å². The molecule has 1 rings (SSSR count). The fourth-order valence-corrected chi connectivity index (χ4v) is 1.81. The van der Waals surface area contributed by atoms with Crippen molar-refractivity contribution < 1.29 is 4.79 Å². The van der Waals surface area contributed by atoms with Crippen LogP contribution in [-0.2, 0) is 4.79 Å². The van der Waals surface area contributed by atoms with Crippen LogP contribution in [0.4, 0.5) is 5.69 Å². The van der Waals surface area contributed by atoms with Crippen molar-refractivity contribution in [3.8, 4) is 0 Å². The molecule has 0 aliphatic rings. The van der Waals surface area contributed by atoms with Crippen LogP contribution < -0.4 is 10.6 Å². The first-order valence-corrected chi connectivity index (χ1v) is 6.69. The third-order valence-corrected chi connectivity index (χ3v) is 2.93. The lowest BCUT2D eigenvalue weighted by Crippen LogP contribution is -2.38. The van der Waals surface area contributed by atoms with E-state index in [9.17, 15) is 4.79 Å². The quantitative estimate of drug-likeness (QED) is 0.839. The number of halogens is 1. The normalized spacial score (nSPS) is 11.8. The largest absolute Gasteiger partial charge is 0.324 e. The zero-order valence-electron chi connectivity index (χ0n) is 12.2. The lowest BCUT2D eigenvalue weighted by Gasteiger charge is -2.17. The molecular weight excluding hydrogens is 260 g/mol. The summed E-state index contributed by atoms with van der Waals surface area (Å²) in [6, 6.07) is 7.81. The Hall–Kier alpha value is -1.06. The van der Waals surface area contributed by atoms with E-state index in [1.807, 2.05) is 25.1 Å². The number of hydrogen-bond acceptors (Lipinski definition) is 2. The smallest absolute Gasteiger partial charge is 0.241 e. The summed E-state index contributed by atoms with van der Waals surface area (Å²) in [5, 5.41) is 6.19. The molecule has 4 heteroatoms. The van der Waals surface area contributed by atoms with Crippen molar-refractivity contribution in [2.75, 3.05) is 11.9 Å². The monoisotopic (exact) mass is 284 g/mol. The van der Waals surface area contributed by atoms with Crippen molar-refractivity contribution in [2.24, 2.45) is 0 Å². The first kappa shape index (κ1) is 17.9. The molecular formula is C15H25ClN2O. The van der Waals surface area contributed by atoms with E-state index >= 15 is 0 Å². The molecule has 1 unspecified atom stereocenters. The standard InChI is InChI=1S/C15H24N2O.ClH/c1-5-10-16-12(4)15(18)17-14-9-7-6-8-13(14)11(2)3;/h6-9,11-12,16H,5,10H2,1-4H3,(H,17,18);1H. The molecule has 108 valence electrons. The highest BCUT2D eigenvalue weighted by molar-refractivity contribution is 5.95. The second kappa shape index (κ2) is 8.94. The maximum Gasteiger partial charge on any atom is 0.241 e. The Balaban J connectivity index is 0.00000324. The zero-order valence-corrected chi connectivity index (χ0v) is 13.0. The van der Waals surface area contributed by atoms with Gasteiger partial charge in [0.05, 0.1) is 6.04 Å². The number of carbonyl (C=O) groups is 1. The molecule has 1 aromatic carbocycles. The predicted octanol–water partition coefficient (Wildman–Crippen LogP) is 3.56. The van der Waals surface area contributed by atoms with Crippen molar-refractivity contribution in [1.82, 2.24) is 5.32 Å². The molecule has 0 saturated carbocycles. The van der Waals surface area contributed by atoms with E-state index in [1.54, 1.807) is 0 Å². The van der Waals surface area contributed by atoms with Gasteiger partial charge < -0.3 is 10.6 Å². The van der Waals surface area contributed by atoms with Crippen molar-refractivity contribution in [1.29, 1.82) is 0 Å². The van der Waals surface area contributed by atoms with Crippen molar-refractivity contribution in [2.45, 2.75) is 46.1 Å². The third kappa shape index (κ3) is 5.62.